The first kappa shape index (κ1) is 15.2. The van der Waals surface area contributed by atoms with Crippen LogP contribution in [0.3, 0.4) is 0 Å². The molecular weight excluding hydrogens is 296 g/mol. The first-order valence-corrected chi connectivity index (χ1v) is 7.07. The monoisotopic (exact) mass is 316 g/mol. The Bertz CT molecular complexity index is 376. The summed E-state index contributed by atoms with van der Waals surface area (Å²) >= 11 is 3.32. The Kier molecular flexibility index (Phi) is 6.35. The summed E-state index contributed by atoms with van der Waals surface area (Å²) in [7, 11) is 0. The minimum absolute atomic E-state index is 0.00208. The van der Waals surface area contributed by atoms with Gasteiger partial charge in [-0.2, -0.15) is 5.10 Å². The molecule has 1 heterocycles. The van der Waals surface area contributed by atoms with Crippen molar-refractivity contribution in [3.63, 3.8) is 0 Å². The molecule has 0 saturated heterocycles. The Morgan fingerprint density at radius 3 is 2.72 bits per heavy atom. The Hall–Kier alpha value is -0.880. The summed E-state index contributed by atoms with van der Waals surface area (Å²) in [6.45, 7) is 9.65. The minimum atomic E-state index is -0.284. The molecule has 102 valence electrons. The predicted molar refractivity (Wildman–Crippen MR) is 75.4 cm³/mol. The molecule has 18 heavy (non-hydrogen) atoms. The van der Waals surface area contributed by atoms with Crippen LogP contribution in [-0.2, 0) is 4.79 Å². The summed E-state index contributed by atoms with van der Waals surface area (Å²) < 4.78 is 2.53. The summed E-state index contributed by atoms with van der Waals surface area (Å²) in [5, 5.41) is 7.04. The van der Waals surface area contributed by atoms with E-state index in [1.807, 2.05) is 6.92 Å². The first-order valence-electron chi connectivity index (χ1n) is 6.28. The molecule has 0 aromatic carbocycles. The highest BCUT2D eigenvalue weighted by Gasteiger charge is 2.15. The molecule has 0 spiro atoms. The number of likely N-dealkylation sites (N-methyl/N-ethyl adjacent to an activating group) is 1. The highest BCUT2D eigenvalue weighted by Crippen LogP contribution is 2.11. The number of rotatable bonds is 7. The summed E-state index contributed by atoms with van der Waals surface area (Å²) in [5.74, 6) is -0.00208. The smallest absolute Gasteiger partial charge is 0.244 e. The van der Waals surface area contributed by atoms with Crippen molar-refractivity contribution in [1.29, 1.82) is 0 Å². The molecule has 1 aromatic heterocycles. The number of hydrogen-bond acceptors (Lipinski definition) is 3. The van der Waals surface area contributed by atoms with E-state index in [-0.39, 0.29) is 11.9 Å². The number of carbonyl (C=O) groups is 1. The molecule has 0 aliphatic carbocycles. The van der Waals surface area contributed by atoms with Crippen LogP contribution in [-0.4, -0.2) is 46.8 Å². The Balaban J connectivity index is 2.36. The topological polar surface area (TPSA) is 50.2 Å². The fourth-order valence-electron chi connectivity index (χ4n) is 1.67. The lowest BCUT2D eigenvalue weighted by Gasteiger charge is -2.19. The van der Waals surface area contributed by atoms with Gasteiger partial charge in [-0.3, -0.25) is 9.48 Å². The van der Waals surface area contributed by atoms with E-state index in [0.717, 1.165) is 24.1 Å². The number of nitrogens with one attached hydrogen (secondary N) is 1. The Morgan fingerprint density at radius 1 is 1.56 bits per heavy atom. The van der Waals surface area contributed by atoms with Crippen molar-refractivity contribution in [1.82, 2.24) is 20.0 Å². The summed E-state index contributed by atoms with van der Waals surface area (Å²) in [4.78, 5) is 14.2. The van der Waals surface area contributed by atoms with E-state index in [4.69, 9.17) is 0 Å². The highest BCUT2D eigenvalue weighted by molar-refractivity contribution is 9.10. The standard InChI is InChI=1S/C12H21BrN4O/c1-4-16(5-2)7-6-14-12(18)10(3)17-9-11(13)8-15-17/h8-10H,4-7H2,1-3H3,(H,14,18). The molecule has 1 rings (SSSR count). The molecule has 6 heteroatoms. The van der Waals surface area contributed by atoms with Crippen LogP contribution in [0.15, 0.2) is 16.9 Å². The fourth-order valence-corrected chi connectivity index (χ4v) is 1.97. The average Bonchev–Trinajstić information content (AvgIpc) is 2.80. The molecular formula is C12H21BrN4O. The van der Waals surface area contributed by atoms with Gasteiger partial charge in [0, 0.05) is 19.3 Å². The number of carbonyl (C=O) groups excluding carboxylic acids is 1. The molecule has 0 radical (unpaired) electrons. The Morgan fingerprint density at radius 2 is 2.22 bits per heavy atom. The number of amides is 1. The van der Waals surface area contributed by atoms with Crippen LogP contribution in [0.2, 0.25) is 0 Å². The largest absolute Gasteiger partial charge is 0.353 e. The van der Waals surface area contributed by atoms with Crippen LogP contribution in [0.25, 0.3) is 0 Å². The molecule has 1 atom stereocenters. The van der Waals surface area contributed by atoms with Crippen molar-refractivity contribution in [3.05, 3.63) is 16.9 Å². The molecule has 0 saturated carbocycles. The highest BCUT2D eigenvalue weighted by atomic mass is 79.9. The zero-order valence-electron chi connectivity index (χ0n) is 11.2. The maximum absolute atomic E-state index is 11.9. The fraction of sp³-hybridized carbons (Fsp3) is 0.667. The van der Waals surface area contributed by atoms with Gasteiger partial charge in [0.05, 0.1) is 10.7 Å². The van der Waals surface area contributed by atoms with Crippen LogP contribution in [0.5, 0.6) is 0 Å². The van der Waals surface area contributed by atoms with E-state index < -0.39 is 0 Å². The number of nitrogens with zero attached hydrogens (tertiary/aromatic N) is 3. The molecule has 1 unspecified atom stereocenters. The lowest BCUT2D eigenvalue weighted by Crippen LogP contribution is -2.37. The van der Waals surface area contributed by atoms with E-state index in [9.17, 15) is 4.79 Å². The normalized spacial score (nSPS) is 12.7. The van der Waals surface area contributed by atoms with Crippen molar-refractivity contribution in [3.8, 4) is 0 Å². The molecule has 1 N–H and O–H groups in total. The summed E-state index contributed by atoms with van der Waals surface area (Å²) in [6, 6.07) is -0.284. The van der Waals surface area contributed by atoms with Gasteiger partial charge >= 0.3 is 0 Å². The van der Waals surface area contributed by atoms with Crippen molar-refractivity contribution in [2.75, 3.05) is 26.2 Å². The maximum atomic E-state index is 11.9. The number of hydrogen-bond donors (Lipinski definition) is 1. The van der Waals surface area contributed by atoms with Crippen molar-refractivity contribution in [2.24, 2.45) is 0 Å². The third-order valence-corrected chi connectivity index (χ3v) is 3.38. The molecule has 0 aliphatic heterocycles. The van der Waals surface area contributed by atoms with Gasteiger partial charge in [-0.25, -0.2) is 0 Å². The van der Waals surface area contributed by atoms with Gasteiger partial charge in [0.15, 0.2) is 0 Å². The zero-order valence-corrected chi connectivity index (χ0v) is 12.8. The second kappa shape index (κ2) is 7.53. The van der Waals surface area contributed by atoms with Gasteiger partial charge in [-0.15, -0.1) is 0 Å². The van der Waals surface area contributed by atoms with Gasteiger partial charge in [0.25, 0.3) is 0 Å². The van der Waals surface area contributed by atoms with E-state index >= 15 is 0 Å². The molecule has 0 bridgehead atoms. The van der Waals surface area contributed by atoms with Crippen LogP contribution in [0.4, 0.5) is 0 Å². The molecule has 1 amide bonds. The van der Waals surface area contributed by atoms with Crippen LogP contribution >= 0.6 is 15.9 Å². The lowest BCUT2D eigenvalue weighted by molar-refractivity contribution is -0.124. The second-order valence-corrected chi connectivity index (χ2v) is 5.05. The SMILES string of the molecule is CCN(CC)CCNC(=O)C(C)n1cc(Br)cn1. The van der Waals surface area contributed by atoms with Gasteiger partial charge in [-0.05, 0) is 35.9 Å². The van der Waals surface area contributed by atoms with Gasteiger partial charge in [-0.1, -0.05) is 13.8 Å². The summed E-state index contributed by atoms with van der Waals surface area (Å²) in [6.07, 6.45) is 3.48. The van der Waals surface area contributed by atoms with Gasteiger partial charge < -0.3 is 10.2 Å². The summed E-state index contributed by atoms with van der Waals surface area (Å²) in [5.41, 5.74) is 0. The van der Waals surface area contributed by atoms with Gasteiger partial charge in [0.1, 0.15) is 6.04 Å². The average molecular weight is 317 g/mol. The minimum Gasteiger partial charge on any atom is -0.353 e. The number of aromatic nitrogens is 2. The second-order valence-electron chi connectivity index (χ2n) is 4.13. The molecule has 5 nitrogen and oxygen atoms in total. The predicted octanol–water partition coefficient (Wildman–Crippen LogP) is 1.66. The lowest BCUT2D eigenvalue weighted by atomic mass is 10.3. The van der Waals surface area contributed by atoms with Gasteiger partial charge in [0.2, 0.25) is 5.91 Å². The maximum Gasteiger partial charge on any atom is 0.244 e. The van der Waals surface area contributed by atoms with E-state index in [0.29, 0.717) is 6.54 Å². The first-order chi connectivity index (χ1) is 8.58. The Labute approximate surface area is 117 Å². The quantitative estimate of drug-likeness (QED) is 0.832. The number of halogens is 1. The van der Waals surface area contributed by atoms with Crippen LogP contribution < -0.4 is 5.32 Å². The zero-order chi connectivity index (χ0) is 13.5. The van der Waals surface area contributed by atoms with Crippen LogP contribution in [0.1, 0.15) is 26.8 Å². The molecule has 1 aromatic rings. The van der Waals surface area contributed by atoms with E-state index in [1.54, 1.807) is 17.1 Å². The third-order valence-electron chi connectivity index (χ3n) is 2.97. The van der Waals surface area contributed by atoms with Crippen molar-refractivity contribution in [2.45, 2.75) is 26.8 Å². The molecule has 0 aliphatic rings. The van der Waals surface area contributed by atoms with Crippen molar-refractivity contribution >= 4 is 21.8 Å². The van der Waals surface area contributed by atoms with Crippen LogP contribution in [0, 0.1) is 0 Å². The van der Waals surface area contributed by atoms with E-state index in [2.05, 4.69) is 45.1 Å². The molecule has 0 fully saturated rings. The third kappa shape index (κ3) is 4.42. The van der Waals surface area contributed by atoms with Crippen molar-refractivity contribution < 1.29 is 4.79 Å². The van der Waals surface area contributed by atoms with E-state index in [1.165, 1.54) is 0 Å².